The molecule has 1 amide bonds. The van der Waals surface area contributed by atoms with Crippen molar-refractivity contribution >= 4 is 5.91 Å². The number of nitrogens with zero attached hydrogens (tertiary/aromatic N) is 4. The van der Waals surface area contributed by atoms with Gasteiger partial charge in [-0.05, 0) is 24.8 Å². The van der Waals surface area contributed by atoms with E-state index in [-0.39, 0.29) is 5.91 Å². The largest absolute Gasteiger partial charge is 0.378 e. The number of carbonyl (C=O) groups is 1. The molecule has 5 rings (SSSR count). The normalized spacial score (nSPS) is 16.8. The minimum absolute atomic E-state index is 0.0852. The lowest BCUT2D eigenvalue weighted by molar-refractivity contribution is 0.0295. The van der Waals surface area contributed by atoms with Crippen LogP contribution in [0, 0.1) is 5.92 Å². The van der Waals surface area contributed by atoms with Crippen molar-refractivity contribution < 1.29 is 9.53 Å². The van der Waals surface area contributed by atoms with Crippen LogP contribution in [0.3, 0.4) is 0 Å². The zero-order valence-electron chi connectivity index (χ0n) is 16.3. The number of rotatable bonds is 5. The van der Waals surface area contributed by atoms with Gasteiger partial charge in [0.25, 0.3) is 5.91 Å². The van der Waals surface area contributed by atoms with Crippen LogP contribution >= 0.6 is 0 Å². The maximum atomic E-state index is 13.1. The third kappa shape index (κ3) is 3.93. The Morgan fingerprint density at radius 3 is 2.41 bits per heavy atom. The Kier molecular flexibility index (Phi) is 4.86. The van der Waals surface area contributed by atoms with Crippen LogP contribution in [0.25, 0.3) is 22.5 Å². The fourth-order valence-corrected chi connectivity index (χ4v) is 3.72. The number of carbonyl (C=O) groups excluding carboxylic acids is 1. The summed E-state index contributed by atoms with van der Waals surface area (Å²) in [5, 5.41) is 0. The van der Waals surface area contributed by atoms with E-state index in [9.17, 15) is 4.79 Å². The molecular weight excluding hydrogens is 364 g/mol. The van der Waals surface area contributed by atoms with Gasteiger partial charge >= 0.3 is 0 Å². The van der Waals surface area contributed by atoms with Crippen molar-refractivity contribution in [2.24, 2.45) is 5.92 Å². The van der Waals surface area contributed by atoms with Crippen LogP contribution in [0.5, 0.6) is 0 Å². The van der Waals surface area contributed by atoms with E-state index in [0.29, 0.717) is 38.0 Å². The number of hydrogen-bond donors (Lipinski definition) is 0. The van der Waals surface area contributed by atoms with Crippen LogP contribution in [-0.2, 0) is 11.3 Å². The van der Waals surface area contributed by atoms with Crippen LogP contribution in [0.2, 0.25) is 0 Å². The predicted molar refractivity (Wildman–Crippen MR) is 110 cm³/mol. The van der Waals surface area contributed by atoms with Gasteiger partial charge in [-0.15, -0.1) is 0 Å². The van der Waals surface area contributed by atoms with Gasteiger partial charge in [-0.2, -0.15) is 0 Å². The van der Waals surface area contributed by atoms with Crippen molar-refractivity contribution in [2.45, 2.75) is 19.4 Å². The van der Waals surface area contributed by atoms with E-state index >= 15 is 0 Å². The molecule has 0 atom stereocenters. The molecular formula is C23H24N4O2. The van der Waals surface area contributed by atoms with Crippen molar-refractivity contribution in [3.63, 3.8) is 0 Å². The van der Waals surface area contributed by atoms with E-state index in [1.807, 2.05) is 53.7 Å². The molecule has 29 heavy (non-hydrogen) atoms. The fraction of sp³-hybridized carbons (Fsp3) is 0.348. The summed E-state index contributed by atoms with van der Waals surface area (Å²) in [6.07, 6.45) is 8.25. The van der Waals surface area contributed by atoms with Crippen molar-refractivity contribution in [3.8, 4) is 22.5 Å². The highest BCUT2D eigenvalue weighted by Gasteiger charge is 2.27. The third-order valence-electron chi connectivity index (χ3n) is 5.58. The van der Waals surface area contributed by atoms with Gasteiger partial charge in [-0.25, -0.2) is 9.97 Å². The van der Waals surface area contributed by atoms with Crippen LogP contribution in [-0.4, -0.2) is 51.6 Å². The topological polar surface area (TPSA) is 60.2 Å². The Bertz CT molecular complexity index is 987. The summed E-state index contributed by atoms with van der Waals surface area (Å²) in [5.74, 6) is 1.47. The highest BCUT2D eigenvalue weighted by molar-refractivity contribution is 5.94. The third-order valence-corrected chi connectivity index (χ3v) is 5.58. The second-order valence-electron chi connectivity index (χ2n) is 7.78. The molecule has 1 saturated carbocycles. The minimum atomic E-state index is 0.0852. The van der Waals surface area contributed by atoms with E-state index in [0.717, 1.165) is 28.9 Å². The number of hydrogen-bond acceptors (Lipinski definition) is 4. The molecule has 6 nitrogen and oxygen atoms in total. The minimum Gasteiger partial charge on any atom is -0.378 e. The number of morpholine rings is 1. The van der Waals surface area contributed by atoms with Gasteiger partial charge < -0.3 is 14.2 Å². The van der Waals surface area contributed by atoms with E-state index < -0.39 is 0 Å². The van der Waals surface area contributed by atoms with Gasteiger partial charge in [0.05, 0.1) is 13.2 Å². The van der Waals surface area contributed by atoms with Crippen LogP contribution in [0.4, 0.5) is 0 Å². The summed E-state index contributed by atoms with van der Waals surface area (Å²) in [4.78, 5) is 24.1. The maximum Gasteiger partial charge on any atom is 0.270 e. The molecule has 6 heteroatoms. The van der Waals surface area contributed by atoms with Crippen molar-refractivity contribution in [2.75, 3.05) is 26.3 Å². The molecule has 2 aromatic heterocycles. The Labute approximate surface area is 170 Å². The van der Waals surface area contributed by atoms with Gasteiger partial charge in [0.15, 0.2) is 5.82 Å². The predicted octanol–water partition coefficient (Wildman–Crippen LogP) is 3.49. The monoisotopic (exact) mass is 388 g/mol. The molecule has 3 aromatic rings. The summed E-state index contributed by atoms with van der Waals surface area (Å²) >= 11 is 0. The van der Waals surface area contributed by atoms with Crippen LogP contribution in [0.15, 0.2) is 55.0 Å². The summed E-state index contributed by atoms with van der Waals surface area (Å²) in [5.41, 5.74) is 3.66. The number of aromatic nitrogens is 3. The van der Waals surface area contributed by atoms with E-state index in [4.69, 9.17) is 4.74 Å². The zero-order valence-corrected chi connectivity index (χ0v) is 16.3. The first-order chi connectivity index (χ1) is 14.3. The van der Waals surface area contributed by atoms with Crippen molar-refractivity contribution in [3.05, 3.63) is 60.7 Å². The molecule has 0 radical (unpaired) electrons. The summed E-state index contributed by atoms with van der Waals surface area (Å²) in [6.45, 7) is 3.41. The molecule has 0 unspecified atom stereocenters. The average Bonchev–Trinajstić information content (AvgIpc) is 3.51. The zero-order chi connectivity index (χ0) is 19.6. The van der Waals surface area contributed by atoms with Gasteiger partial charge in [-0.3, -0.25) is 4.79 Å². The van der Waals surface area contributed by atoms with Gasteiger partial charge in [0.2, 0.25) is 0 Å². The first kappa shape index (κ1) is 18.1. The molecule has 1 aliphatic heterocycles. The van der Waals surface area contributed by atoms with Crippen LogP contribution < -0.4 is 0 Å². The highest BCUT2D eigenvalue weighted by atomic mass is 16.5. The second-order valence-corrected chi connectivity index (χ2v) is 7.78. The molecule has 3 heterocycles. The lowest BCUT2D eigenvalue weighted by Gasteiger charge is -2.27. The summed E-state index contributed by atoms with van der Waals surface area (Å²) in [7, 11) is 0. The Morgan fingerprint density at radius 2 is 1.72 bits per heavy atom. The van der Waals surface area contributed by atoms with Crippen LogP contribution in [0.1, 0.15) is 23.3 Å². The number of benzene rings is 1. The molecule has 148 valence electrons. The summed E-state index contributed by atoms with van der Waals surface area (Å²) < 4.78 is 7.52. The molecule has 1 saturated heterocycles. The van der Waals surface area contributed by atoms with Crippen molar-refractivity contribution in [1.82, 2.24) is 19.4 Å². The Hall–Kier alpha value is -2.99. The molecule has 1 aliphatic carbocycles. The summed E-state index contributed by atoms with van der Waals surface area (Å²) in [6, 6.07) is 11.9. The molecule has 0 N–H and O–H groups in total. The first-order valence-corrected chi connectivity index (χ1v) is 10.2. The van der Waals surface area contributed by atoms with Gasteiger partial charge in [0.1, 0.15) is 5.69 Å². The van der Waals surface area contributed by atoms with E-state index in [1.54, 1.807) is 0 Å². The van der Waals surface area contributed by atoms with E-state index in [1.165, 1.54) is 12.8 Å². The highest BCUT2D eigenvalue weighted by Crippen LogP contribution is 2.33. The first-order valence-electron chi connectivity index (χ1n) is 10.2. The Morgan fingerprint density at radius 1 is 1.00 bits per heavy atom. The number of amides is 1. The van der Waals surface area contributed by atoms with Gasteiger partial charge in [0, 0.05) is 54.9 Å². The standard InChI is InChI=1S/C23H24N4O2/c28-23(26-8-10-29-11-9-26)21-12-19(16-27(21)15-17-6-7-17)20-13-24-22(25-14-20)18-4-2-1-3-5-18/h1-5,12-14,16-17H,6-11,15H2. The Balaban J connectivity index is 1.43. The molecule has 0 spiro atoms. The number of ether oxygens (including phenoxy) is 1. The lowest BCUT2D eigenvalue weighted by atomic mass is 10.1. The fourth-order valence-electron chi connectivity index (χ4n) is 3.72. The smallest absolute Gasteiger partial charge is 0.270 e. The SMILES string of the molecule is O=C(c1cc(-c2cnc(-c3ccccc3)nc2)cn1CC1CC1)N1CCOCC1. The maximum absolute atomic E-state index is 13.1. The quantitative estimate of drug-likeness (QED) is 0.671. The van der Waals surface area contributed by atoms with E-state index in [2.05, 4.69) is 20.7 Å². The average molecular weight is 388 g/mol. The second kappa shape index (κ2) is 7.79. The molecule has 2 aliphatic rings. The molecule has 0 bridgehead atoms. The van der Waals surface area contributed by atoms with Gasteiger partial charge in [-0.1, -0.05) is 30.3 Å². The van der Waals surface area contributed by atoms with Crippen molar-refractivity contribution in [1.29, 1.82) is 0 Å². The lowest BCUT2D eigenvalue weighted by Crippen LogP contribution is -2.41. The molecule has 2 fully saturated rings. The molecule has 1 aromatic carbocycles.